The van der Waals surface area contributed by atoms with Crippen LogP contribution < -0.4 is 5.73 Å². The van der Waals surface area contributed by atoms with Crippen LogP contribution in [0, 0.1) is 11.8 Å². The summed E-state index contributed by atoms with van der Waals surface area (Å²) in [6.07, 6.45) is 0. The maximum atomic E-state index is 12.4. The van der Waals surface area contributed by atoms with Crippen molar-refractivity contribution < 1.29 is 19.1 Å². The average Bonchev–Trinajstić information content (AvgIpc) is 2.51. The van der Waals surface area contributed by atoms with Crippen molar-refractivity contribution in [3.63, 3.8) is 0 Å². The van der Waals surface area contributed by atoms with Crippen LogP contribution in [0.4, 0.5) is 0 Å². The SMILES string of the molecule is CC(C)COC(=O)[C@@H](N)[C@@H](C(=O)OCC(C)C)c1ccccc1. The van der Waals surface area contributed by atoms with Gasteiger partial charge in [-0.05, 0) is 17.4 Å². The molecule has 5 nitrogen and oxygen atoms in total. The summed E-state index contributed by atoms with van der Waals surface area (Å²) >= 11 is 0. The average molecular weight is 321 g/mol. The first-order valence-corrected chi connectivity index (χ1v) is 7.96. The lowest BCUT2D eigenvalue weighted by Crippen LogP contribution is -2.42. The molecule has 0 aromatic heterocycles. The fourth-order valence-corrected chi connectivity index (χ4v) is 1.97. The number of rotatable bonds is 8. The quantitative estimate of drug-likeness (QED) is 0.744. The van der Waals surface area contributed by atoms with Crippen molar-refractivity contribution in [1.82, 2.24) is 0 Å². The second-order valence-corrected chi connectivity index (χ2v) is 6.46. The molecule has 0 aliphatic carbocycles. The molecule has 2 N–H and O–H groups in total. The van der Waals surface area contributed by atoms with E-state index < -0.39 is 23.9 Å². The summed E-state index contributed by atoms with van der Waals surface area (Å²) in [5.41, 5.74) is 6.66. The van der Waals surface area contributed by atoms with Crippen LogP contribution in [0.3, 0.4) is 0 Å². The van der Waals surface area contributed by atoms with Gasteiger partial charge in [0.1, 0.15) is 12.0 Å². The zero-order valence-electron chi connectivity index (χ0n) is 14.3. The molecule has 2 atom stereocenters. The maximum absolute atomic E-state index is 12.4. The highest BCUT2D eigenvalue weighted by Gasteiger charge is 2.34. The standard InChI is InChI=1S/C18H27NO4/c1-12(2)10-22-17(20)15(14-8-6-5-7-9-14)16(19)18(21)23-11-13(3)4/h5-9,12-13,15-16H,10-11,19H2,1-4H3/t15-,16-/m0/s1. The number of nitrogens with two attached hydrogens (primary N) is 1. The first-order chi connectivity index (χ1) is 10.8. The number of carbonyl (C=O) groups is 2. The van der Waals surface area contributed by atoms with Crippen molar-refractivity contribution in [3.8, 4) is 0 Å². The third-order valence-electron chi connectivity index (χ3n) is 3.16. The van der Waals surface area contributed by atoms with Gasteiger partial charge in [-0.25, -0.2) is 0 Å². The Morgan fingerprint density at radius 2 is 1.39 bits per heavy atom. The summed E-state index contributed by atoms with van der Waals surface area (Å²) in [6.45, 7) is 8.32. The summed E-state index contributed by atoms with van der Waals surface area (Å²) in [5.74, 6) is -1.55. The number of ether oxygens (including phenoxy) is 2. The molecule has 1 aromatic rings. The Kier molecular flexibility index (Phi) is 7.75. The third kappa shape index (κ3) is 6.40. The monoisotopic (exact) mass is 321 g/mol. The van der Waals surface area contributed by atoms with E-state index in [9.17, 15) is 9.59 Å². The van der Waals surface area contributed by atoms with E-state index in [2.05, 4.69) is 0 Å². The van der Waals surface area contributed by atoms with Gasteiger partial charge in [0.2, 0.25) is 0 Å². The fourth-order valence-electron chi connectivity index (χ4n) is 1.97. The van der Waals surface area contributed by atoms with Crippen LogP contribution in [0.1, 0.15) is 39.2 Å². The molecule has 0 bridgehead atoms. The fraction of sp³-hybridized carbons (Fsp3) is 0.556. The predicted molar refractivity (Wildman–Crippen MR) is 88.8 cm³/mol. The summed E-state index contributed by atoms with van der Waals surface area (Å²) in [6, 6.07) is 7.86. The van der Waals surface area contributed by atoms with Gasteiger partial charge in [-0.1, -0.05) is 58.0 Å². The Bertz CT molecular complexity index is 499. The minimum atomic E-state index is -1.09. The second-order valence-electron chi connectivity index (χ2n) is 6.46. The highest BCUT2D eigenvalue weighted by Crippen LogP contribution is 2.22. The lowest BCUT2D eigenvalue weighted by Gasteiger charge is -2.22. The Morgan fingerprint density at radius 3 is 1.87 bits per heavy atom. The van der Waals surface area contributed by atoms with Crippen molar-refractivity contribution in [3.05, 3.63) is 35.9 Å². The molecule has 0 unspecified atom stereocenters. The van der Waals surface area contributed by atoms with Crippen LogP contribution in [0.2, 0.25) is 0 Å². The summed E-state index contributed by atoms with van der Waals surface area (Å²) < 4.78 is 10.5. The second kappa shape index (κ2) is 9.30. The molecule has 1 rings (SSSR count). The summed E-state index contributed by atoms with van der Waals surface area (Å²) in [4.78, 5) is 24.6. The first kappa shape index (κ1) is 19.2. The van der Waals surface area contributed by atoms with Gasteiger partial charge >= 0.3 is 11.9 Å². The van der Waals surface area contributed by atoms with Crippen molar-refractivity contribution in [1.29, 1.82) is 0 Å². The highest BCUT2D eigenvalue weighted by molar-refractivity contribution is 5.88. The van der Waals surface area contributed by atoms with Gasteiger partial charge in [-0.15, -0.1) is 0 Å². The molecule has 0 amide bonds. The van der Waals surface area contributed by atoms with Gasteiger partial charge in [0.05, 0.1) is 13.2 Å². The number of carbonyl (C=O) groups excluding carboxylic acids is 2. The van der Waals surface area contributed by atoms with E-state index in [1.54, 1.807) is 24.3 Å². The predicted octanol–water partition coefficient (Wildman–Crippen LogP) is 2.50. The minimum Gasteiger partial charge on any atom is -0.465 e. The zero-order chi connectivity index (χ0) is 17.4. The van der Waals surface area contributed by atoms with E-state index in [-0.39, 0.29) is 25.0 Å². The van der Waals surface area contributed by atoms with Crippen LogP contribution in [-0.2, 0) is 19.1 Å². The molecule has 0 fully saturated rings. The van der Waals surface area contributed by atoms with Crippen LogP contribution in [-0.4, -0.2) is 31.2 Å². The van der Waals surface area contributed by atoms with Crippen LogP contribution >= 0.6 is 0 Å². The van der Waals surface area contributed by atoms with Crippen LogP contribution in [0.25, 0.3) is 0 Å². The van der Waals surface area contributed by atoms with E-state index in [4.69, 9.17) is 15.2 Å². The molecule has 0 aliphatic rings. The van der Waals surface area contributed by atoms with Crippen LogP contribution in [0.5, 0.6) is 0 Å². The molecule has 0 radical (unpaired) electrons. The normalized spacial score (nSPS) is 13.7. The first-order valence-electron chi connectivity index (χ1n) is 7.96. The molecule has 23 heavy (non-hydrogen) atoms. The molecule has 0 saturated carbocycles. The van der Waals surface area contributed by atoms with Crippen molar-refractivity contribution in [2.75, 3.05) is 13.2 Å². The lowest BCUT2D eigenvalue weighted by molar-refractivity contribution is -0.154. The van der Waals surface area contributed by atoms with E-state index >= 15 is 0 Å². The number of esters is 2. The van der Waals surface area contributed by atoms with E-state index in [1.807, 2.05) is 33.8 Å². The Morgan fingerprint density at radius 1 is 0.913 bits per heavy atom. The molecule has 5 heteroatoms. The summed E-state index contributed by atoms with van der Waals surface area (Å²) in [7, 11) is 0. The number of benzene rings is 1. The third-order valence-corrected chi connectivity index (χ3v) is 3.16. The van der Waals surface area contributed by atoms with Gasteiger partial charge in [-0.3, -0.25) is 9.59 Å². The molecule has 0 aliphatic heterocycles. The molecule has 0 saturated heterocycles. The molecule has 1 aromatic carbocycles. The Labute approximate surface area is 138 Å². The van der Waals surface area contributed by atoms with Crippen molar-refractivity contribution in [2.45, 2.75) is 39.7 Å². The highest BCUT2D eigenvalue weighted by atomic mass is 16.5. The molecule has 0 spiro atoms. The summed E-state index contributed by atoms with van der Waals surface area (Å²) in [5, 5.41) is 0. The molecule has 0 heterocycles. The maximum Gasteiger partial charge on any atom is 0.324 e. The van der Waals surface area contributed by atoms with Gasteiger partial charge in [0.15, 0.2) is 0 Å². The molecular weight excluding hydrogens is 294 g/mol. The van der Waals surface area contributed by atoms with Gasteiger partial charge in [0.25, 0.3) is 0 Å². The minimum absolute atomic E-state index is 0.203. The topological polar surface area (TPSA) is 78.6 Å². The number of hydrogen-bond acceptors (Lipinski definition) is 5. The zero-order valence-corrected chi connectivity index (χ0v) is 14.3. The van der Waals surface area contributed by atoms with E-state index in [0.717, 1.165) is 0 Å². The molecule has 128 valence electrons. The van der Waals surface area contributed by atoms with Gasteiger partial charge in [0, 0.05) is 0 Å². The Hall–Kier alpha value is -1.88. The molecular formula is C18H27NO4. The number of hydrogen-bond donors (Lipinski definition) is 1. The van der Waals surface area contributed by atoms with Gasteiger partial charge in [-0.2, -0.15) is 0 Å². The van der Waals surface area contributed by atoms with Gasteiger partial charge < -0.3 is 15.2 Å². The largest absolute Gasteiger partial charge is 0.465 e. The smallest absolute Gasteiger partial charge is 0.324 e. The van der Waals surface area contributed by atoms with E-state index in [0.29, 0.717) is 5.56 Å². The lowest BCUT2D eigenvalue weighted by atomic mass is 9.92. The van der Waals surface area contributed by atoms with Crippen LogP contribution in [0.15, 0.2) is 30.3 Å². The van der Waals surface area contributed by atoms with E-state index in [1.165, 1.54) is 0 Å². The Balaban J connectivity index is 2.90. The van der Waals surface area contributed by atoms with Crippen molar-refractivity contribution in [2.24, 2.45) is 17.6 Å². The van der Waals surface area contributed by atoms with Crippen molar-refractivity contribution >= 4 is 11.9 Å².